The summed E-state index contributed by atoms with van der Waals surface area (Å²) in [4.78, 5) is 9.12. The van der Waals surface area contributed by atoms with Crippen LogP contribution in [0.1, 0.15) is 44.4 Å². The standard InChI is InChI=1S/C18H26N4O2/c1-3-4-9-17-19-18(24-20-17)14(2)21-10-12-22(13-11-21)15-7-5-6-8-16(15)23/h5-8,14,23H,3-4,9-13H2,1-2H3/t14-/m1/s1. The quantitative estimate of drug-likeness (QED) is 0.878. The highest BCUT2D eigenvalue weighted by Crippen LogP contribution is 2.28. The average molecular weight is 330 g/mol. The number of piperazine rings is 1. The maximum absolute atomic E-state index is 10.0. The van der Waals surface area contributed by atoms with Crippen molar-refractivity contribution in [3.8, 4) is 5.75 Å². The number of phenols is 1. The Labute approximate surface area is 143 Å². The fourth-order valence-electron chi connectivity index (χ4n) is 3.11. The summed E-state index contributed by atoms with van der Waals surface area (Å²) in [6.07, 6.45) is 3.11. The molecule has 1 atom stereocenters. The second kappa shape index (κ2) is 7.66. The van der Waals surface area contributed by atoms with Gasteiger partial charge in [-0.05, 0) is 25.5 Å². The van der Waals surface area contributed by atoms with E-state index in [9.17, 15) is 5.11 Å². The Morgan fingerprint density at radius 3 is 2.67 bits per heavy atom. The van der Waals surface area contributed by atoms with Crippen LogP contribution >= 0.6 is 0 Å². The van der Waals surface area contributed by atoms with Crippen molar-refractivity contribution in [2.24, 2.45) is 0 Å². The average Bonchev–Trinajstić information content (AvgIpc) is 3.09. The molecule has 1 N–H and O–H groups in total. The lowest BCUT2D eigenvalue weighted by Gasteiger charge is -2.38. The van der Waals surface area contributed by atoms with Crippen LogP contribution in [-0.4, -0.2) is 46.3 Å². The van der Waals surface area contributed by atoms with E-state index in [1.54, 1.807) is 6.07 Å². The molecule has 1 aromatic carbocycles. The second-order valence-corrected chi connectivity index (χ2v) is 6.34. The van der Waals surface area contributed by atoms with Gasteiger partial charge in [-0.15, -0.1) is 0 Å². The van der Waals surface area contributed by atoms with Crippen LogP contribution in [0.25, 0.3) is 0 Å². The van der Waals surface area contributed by atoms with Gasteiger partial charge in [-0.3, -0.25) is 4.90 Å². The number of hydrogen-bond donors (Lipinski definition) is 1. The molecule has 6 heteroatoms. The normalized spacial score (nSPS) is 17.2. The molecule has 0 bridgehead atoms. The first-order chi connectivity index (χ1) is 11.7. The summed E-state index contributed by atoms with van der Waals surface area (Å²) in [7, 11) is 0. The topological polar surface area (TPSA) is 65.6 Å². The van der Waals surface area contributed by atoms with Gasteiger partial charge in [-0.2, -0.15) is 4.98 Å². The van der Waals surface area contributed by atoms with Crippen molar-refractivity contribution in [1.82, 2.24) is 15.0 Å². The van der Waals surface area contributed by atoms with E-state index in [4.69, 9.17) is 4.52 Å². The number of aromatic nitrogens is 2. The number of hydrogen-bond acceptors (Lipinski definition) is 6. The minimum atomic E-state index is 0.124. The summed E-state index contributed by atoms with van der Waals surface area (Å²) in [6, 6.07) is 7.63. The van der Waals surface area contributed by atoms with Crippen molar-refractivity contribution in [1.29, 1.82) is 0 Å². The predicted molar refractivity (Wildman–Crippen MR) is 93.2 cm³/mol. The van der Waals surface area contributed by atoms with Gasteiger partial charge in [0.2, 0.25) is 5.89 Å². The van der Waals surface area contributed by atoms with Crippen LogP contribution in [0, 0.1) is 0 Å². The molecule has 0 aliphatic carbocycles. The van der Waals surface area contributed by atoms with Gasteiger partial charge < -0.3 is 14.5 Å². The minimum Gasteiger partial charge on any atom is -0.506 e. The second-order valence-electron chi connectivity index (χ2n) is 6.34. The molecule has 0 radical (unpaired) electrons. The van der Waals surface area contributed by atoms with Crippen LogP contribution in [0.3, 0.4) is 0 Å². The van der Waals surface area contributed by atoms with E-state index in [0.717, 1.165) is 57.0 Å². The summed E-state index contributed by atoms with van der Waals surface area (Å²) in [5.41, 5.74) is 0.907. The molecule has 1 saturated heterocycles. The first kappa shape index (κ1) is 16.8. The van der Waals surface area contributed by atoms with E-state index in [1.165, 1.54) is 0 Å². The molecule has 6 nitrogen and oxygen atoms in total. The lowest BCUT2D eigenvalue weighted by atomic mass is 10.2. The van der Waals surface area contributed by atoms with E-state index < -0.39 is 0 Å². The Morgan fingerprint density at radius 2 is 1.96 bits per heavy atom. The summed E-state index contributed by atoms with van der Waals surface area (Å²) in [6.45, 7) is 7.84. The smallest absolute Gasteiger partial charge is 0.243 e. The molecular formula is C18H26N4O2. The van der Waals surface area contributed by atoms with E-state index in [-0.39, 0.29) is 6.04 Å². The fourth-order valence-corrected chi connectivity index (χ4v) is 3.11. The van der Waals surface area contributed by atoms with Crippen LogP contribution in [0.4, 0.5) is 5.69 Å². The van der Waals surface area contributed by atoms with Crippen LogP contribution in [0.15, 0.2) is 28.8 Å². The molecule has 130 valence electrons. The van der Waals surface area contributed by atoms with Crippen molar-refractivity contribution >= 4 is 5.69 Å². The number of rotatable bonds is 6. The van der Waals surface area contributed by atoms with Crippen molar-refractivity contribution in [2.75, 3.05) is 31.1 Å². The number of para-hydroxylation sites is 2. The molecule has 1 aliphatic rings. The Balaban J connectivity index is 1.58. The summed E-state index contributed by atoms with van der Waals surface area (Å²) in [5, 5.41) is 14.1. The van der Waals surface area contributed by atoms with E-state index in [0.29, 0.717) is 11.6 Å². The predicted octanol–water partition coefficient (Wildman–Crippen LogP) is 3.00. The van der Waals surface area contributed by atoms with Crippen molar-refractivity contribution in [3.63, 3.8) is 0 Å². The van der Waals surface area contributed by atoms with Gasteiger partial charge in [-0.25, -0.2) is 0 Å². The van der Waals surface area contributed by atoms with Crippen molar-refractivity contribution < 1.29 is 9.63 Å². The molecular weight excluding hydrogens is 304 g/mol. The fraction of sp³-hybridized carbons (Fsp3) is 0.556. The van der Waals surface area contributed by atoms with Crippen molar-refractivity contribution in [3.05, 3.63) is 36.0 Å². The number of phenolic OH excluding ortho intramolecular Hbond substituents is 1. The number of unbranched alkanes of at least 4 members (excludes halogenated alkanes) is 1. The Hall–Kier alpha value is -2.08. The monoisotopic (exact) mass is 330 g/mol. The molecule has 0 amide bonds. The zero-order valence-corrected chi connectivity index (χ0v) is 14.5. The Bertz CT molecular complexity index is 650. The largest absolute Gasteiger partial charge is 0.506 e. The van der Waals surface area contributed by atoms with Crippen LogP contribution in [-0.2, 0) is 6.42 Å². The van der Waals surface area contributed by atoms with Crippen molar-refractivity contribution in [2.45, 2.75) is 39.2 Å². The highest BCUT2D eigenvalue weighted by molar-refractivity contribution is 5.57. The van der Waals surface area contributed by atoms with Gasteiger partial charge in [-0.1, -0.05) is 30.6 Å². The molecule has 0 saturated carbocycles. The first-order valence-corrected chi connectivity index (χ1v) is 8.78. The van der Waals surface area contributed by atoms with Crippen LogP contribution in [0.5, 0.6) is 5.75 Å². The third-order valence-corrected chi connectivity index (χ3v) is 4.68. The first-order valence-electron chi connectivity index (χ1n) is 8.78. The number of aryl methyl sites for hydroxylation is 1. The maximum atomic E-state index is 10.0. The van der Waals surface area contributed by atoms with Crippen LogP contribution in [0.2, 0.25) is 0 Å². The van der Waals surface area contributed by atoms with E-state index >= 15 is 0 Å². The highest BCUT2D eigenvalue weighted by atomic mass is 16.5. The van der Waals surface area contributed by atoms with E-state index in [1.807, 2.05) is 18.2 Å². The Morgan fingerprint density at radius 1 is 1.21 bits per heavy atom. The number of aromatic hydroxyl groups is 1. The molecule has 24 heavy (non-hydrogen) atoms. The highest BCUT2D eigenvalue weighted by Gasteiger charge is 2.26. The van der Waals surface area contributed by atoms with Crippen LogP contribution < -0.4 is 4.90 Å². The lowest BCUT2D eigenvalue weighted by Crippen LogP contribution is -2.47. The third kappa shape index (κ3) is 3.70. The zero-order valence-electron chi connectivity index (χ0n) is 14.5. The third-order valence-electron chi connectivity index (χ3n) is 4.68. The minimum absolute atomic E-state index is 0.124. The molecule has 1 fully saturated rings. The number of nitrogens with zero attached hydrogens (tertiary/aromatic N) is 4. The molecule has 2 aromatic rings. The molecule has 0 spiro atoms. The van der Waals surface area contributed by atoms with Gasteiger partial charge in [0.15, 0.2) is 5.82 Å². The van der Waals surface area contributed by atoms with Gasteiger partial charge in [0.05, 0.1) is 11.7 Å². The maximum Gasteiger partial charge on any atom is 0.243 e. The van der Waals surface area contributed by atoms with E-state index in [2.05, 4.69) is 33.8 Å². The van der Waals surface area contributed by atoms with Gasteiger partial charge in [0.25, 0.3) is 0 Å². The molecule has 3 rings (SSSR count). The number of benzene rings is 1. The molecule has 1 aromatic heterocycles. The molecule has 2 heterocycles. The molecule has 1 aliphatic heterocycles. The number of anilines is 1. The lowest BCUT2D eigenvalue weighted by molar-refractivity contribution is 0.164. The summed E-state index contributed by atoms with van der Waals surface area (Å²) < 4.78 is 5.45. The summed E-state index contributed by atoms with van der Waals surface area (Å²) >= 11 is 0. The van der Waals surface area contributed by atoms with Gasteiger partial charge >= 0.3 is 0 Å². The molecule has 0 unspecified atom stereocenters. The SMILES string of the molecule is CCCCc1noc([C@@H](C)N2CCN(c3ccccc3O)CC2)n1. The Kier molecular flexibility index (Phi) is 5.35. The summed E-state index contributed by atoms with van der Waals surface area (Å²) in [5.74, 6) is 1.86. The van der Waals surface area contributed by atoms with Gasteiger partial charge in [0, 0.05) is 32.6 Å². The van der Waals surface area contributed by atoms with Gasteiger partial charge in [0.1, 0.15) is 5.75 Å². The zero-order chi connectivity index (χ0) is 16.9.